The highest BCUT2D eigenvalue weighted by molar-refractivity contribution is 8.06. The minimum atomic E-state index is -3.71. The molecule has 8 heteroatoms. The van der Waals surface area contributed by atoms with Gasteiger partial charge in [-0.15, -0.1) is 0 Å². The topological polar surface area (TPSA) is 106 Å². The van der Waals surface area contributed by atoms with Crippen molar-refractivity contribution < 1.29 is 16.8 Å². The van der Waals surface area contributed by atoms with E-state index in [1.807, 2.05) is 0 Å². The van der Waals surface area contributed by atoms with E-state index in [4.69, 9.17) is 5.73 Å². The van der Waals surface area contributed by atoms with Crippen LogP contribution in [0.2, 0.25) is 0 Å². The Labute approximate surface area is 90.2 Å². The molecule has 0 aromatic rings. The summed E-state index contributed by atoms with van der Waals surface area (Å²) in [6, 6.07) is 0.161. The molecule has 0 heterocycles. The number of sulfonamides is 1. The van der Waals surface area contributed by atoms with Crippen LogP contribution in [0.4, 0.5) is 0 Å². The van der Waals surface area contributed by atoms with Crippen molar-refractivity contribution in [3.63, 3.8) is 0 Å². The molecule has 1 aliphatic rings. The zero-order chi connectivity index (χ0) is 11.7. The second-order valence-electron chi connectivity index (χ2n) is 4.10. The first kappa shape index (κ1) is 12.9. The van der Waals surface area contributed by atoms with Crippen LogP contribution in [0.1, 0.15) is 12.8 Å². The number of nitrogens with two attached hydrogens (primary N) is 1. The number of rotatable bonds is 5. The minimum absolute atomic E-state index is 0.161. The third-order valence-corrected chi connectivity index (χ3v) is 5.79. The first-order chi connectivity index (χ1) is 6.68. The lowest BCUT2D eigenvalue weighted by Gasteiger charge is -2.32. The van der Waals surface area contributed by atoms with Crippen molar-refractivity contribution in [1.82, 2.24) is 4.72 Å². The van der Waals surface area contributed by atoms with Gasteiger partial charge in [0.2, 0.25) is 10.0 Å². The van der Waals surface area contributed by atoms with Gasteiger partial charge in [0.25, 0.3) is 0 Å². The lowest BCUT2D eigenvalue weighted by Crippen LogP contribution is -2.43. The largest absolute Gasteiger partial charge is 0.328 e. The van der Waals surface area contributed by atoms with Gasteiger partial charge in [-0.2, -0.15) is 0 Å². The van der Waals surface area contributed by atoms with Gasteiger partial charge in [-0.25, -0.2) is 21.6 Å². The first-order valence-electron chi connectivity index (χ1n) is 4.58. The predicted molar refractivity (Wildman–Crippen MR) is 57.3 cm³/mol. The van der Waals surface area contributed by atoms with E-state index >= 15 is 0 Å². The Kier molecular flexibility index (Phi) is 3.75. The molecule has 0 aromatic heterocycles. The zero-order valence-electron chi connectivity index (χ0n) is 8.51. The lowest BCUT2D eigenvalue weighted by molar-refractivity contribution is 0.267. The SMILES string of the molecule is CS(=O)(=O)CS(=O)(=O)NCC1CC(N)C1. The van der Waals surface area contributed by atoms with Crippen molar-refractivity contribution in [3.8, 4) is 0 Å². The van der Waals surface area contributed by atoms with Crippen LogP contribution in [0.15, 0.2) is 0 Å². The Bertz CT molecular complexity index is 408. The van der Waals surface area contributed by atoms with Gasteiger partial charge in [-0.1, -0.05) is 0 Å². The minimum Gasteiger partial charge on any atom is -0.328 e. The molecule has 0 aromatic carbocycles. The van der Waals surface area contributed by atoms with E-state index in [0.29, 0.717) is 0 Å². The molecule has 0 spiro atoms. The molecule has 0 bridgehead atoms. The fourth-order valence-corrected chi connectivity index (χ4v) is 4.60. The Morgan fingerprint density at radius 3 is 2.20 bits per heavy atom. The molecule has 0 amide bonds. The van der Waals surface area contributed by atoms with Crippen molar-refractivity contribution in [1.29, 1.82) is 0 Å². The monoisotopic (exact) mass is 256 g/mol. The molecule has 1 fully saturated rings. The van der Waals surface area contributed by atoms with E-state index in [0.717, 1.165) is 19.1 Å². The molecule has 0 saturated heterocycles. The second kappa shape index (κ2) is 4.36. The van der Waals surface area contributed by atoms with Crippen molar-refractivity contribution in [2.45, 2.75) is 18.9 Å². The average Bonchev–Trinajstić information content (AvgIpc) is 1.90. The molecule has 15 heavy (non-hydrogen) atoms. The molecule has 0 radical (unpaired) electrons. The summed E-state index contributed by atoms with van der Waals surface area (Å²) in [5.74, 6) is 0.245. The highest BCUT2D eigenvalue weighted by Crippen LogP contribution is 2.24. The number of hydrogen-bond donors (Lipinski definition) is 2. The molecule has 3 N–H and O–H groups in total. The van der Waals surface area contributed by atoms with Crippen molar-refractivity contribution >= 4 is 19.9 Å². The van der Waals surface area contributed by atoms with E-state index in [-0.39, 0.29) is 18.5 Å². The summed E-state index contributed by atoms with van der Waals surface area (Å²) in [5, 5.41) is -0.848. The predicted octanol–water partition coefficient (Wildman–Crippen LogP) is -1.35. The van der Waals surface area contributed by atoms with Crippen molar-refractivity contribution in [3.05, 3.63) is 0 Å². The Hall–Kier alpha value is -0.180. The van der Waals surface area contributed by atoms with E-state index in [1.165, 1.54) is 0 Å². The van der Waals surface area contributed by atoms with Crippen molar-refractivity contribution in [2.75, 3.05) is 17.9 Å². The van der Waals surface area contributed by atoms with E-state index in [2.05, 4.69) is 4.72 Å². The molecule has 0 unspecified atom stereocenters. The van der Waals surface area contributed by atoms with Crippen LogP contribution in [0.5, 0.6) is 0 Å². The molecule has 1 aliphatic carbocycles. The fraction of sp³-hybridized carbons (Fsp3) is 1.00. The maximum atomic E-state index is 11.3. The summed E-state index contributed by atoms with van der Waals surface area (Å²) in [6.45, 7) is 0.283. The smallest absolute Gasteiger partial charge is 0.226 e. The van der Waals surface area contributed by atoms with Crippen LogP contribution >= 0.6 is 0 Å². The normalized spacial score (nSPS) is 27.3. The number of nitrogens with one attached hydrogen (secondary N) is 1. The molecule has 0 aliphatic heterocycles. The van der Waals surface area contributed by atoms with Crippen LogP contribution in [-0.2, 0) is 19.9 Å². The van der Waals surface area contributed by atoms with Gasteiger partial charge in [0.1, 0.15) is 0 Å². The molecule has 0 atom stereocenters. The molecule has 6 nitrogen and oxygen atoms in total. The maximum Gasteiger partial charge on any atom is 0.226 e. The highest BCUT2D eigenvalue weighted by Gasteiger charge is 2.27. The van der Waals surface area contributed by atoms with Crippen LogP contribution in [0.3, 0.4) is 0 Å². The van der Waals surface area contributed by atoms with E-state index in [9.17, 15) is 16.8 Å². The highest BCUT2D eigenvalue weighted by atomic mass is 32.3. The molecule has 90 valence electrons. The lowest BCUT2D eigenvalue weighted by atomic mass is 9.81. The van der Waals surface area contributed by atoms with Crippen LogP contribution in [-0.4, -0.2) is 40.8 Å². The molecule has 1 saturated carbocycles. The Morgan fingerprint density at radius 1 is 1.27 bits per heavy atom. The standard InChI is InChI=1S/C7H16N2O4S2/c1-14(10,11)5-15(12,13)9-4-6-2-7(8)3-6/h6-7,9H,2-5,8H2,1H3. The fourth-order valence-electron chi connectivity index (χ4n) is 1.52. The van der Waals surface area contributed by atoms with Gasteiger partial charge < -0.3 is 5.73 Å². The first-order valence-corrected chi connectivity index (χ1v) is 8.30. The summed E-state index contributed by atoms with van der Waals surface area (Å²) < 4.78 is 46.4. The second-order valence-corrected chi connectivity index (χ2v) is 8.42. The van der Waals surface area contributed by atoms with Gasteiger partial charge in [0.05, 0.1) is 0 Å². The van der Waals surface area contributed by atoms with Gasteiger partial charge in [0.15, 0.2) is 14.9 Å². The van der Waals surface area contributed by atoms with Gasteiger partial charge >= 0.3 is 0 Å². The average molecular weight is 256 g/mol. The molecular weight excluding hydrogens is 240 g/mol. The molecular formula is C7H16N2O4S2. The van der Waals surface area contributed by atoms with Gasteiger partial charge in [-0.3, -0.25) is 0 Å². The summed E-state index contributed by atoms with van der Waals surface area (Å²) in [7, 11) is -7.21. The quantitative estimate of drug-likeness (QED) is 0.632. The van der Waals surface area contributed by atoms with Crippen LogP contribution in [0.25, 0.3) is 0 Å². The Balaban J connectivity index is 2.37. The third-order valence-electron chi connectivity index (χ3n) is 2.23. The summed E-state index contributed by atoms with van der Waals surface area (Å²) >= 11 is 0. The van der Waals surface area contributed by atoms with E-state index < -0.39 is 24.9 Å². The van der Waals surface area contributed by atoms with Crippen LogP contribution in [0, 0.1) is 5.92 Å². The summed E-state index contributed by atoms with van der Waals surface area (Å²) in [5.41, 5.74) is 5.54. The summed E-state index contributed by atoms with van der Waals surface area (Å²) in [6.07, 6.45) is 2.48. The Morgan fingerprint density at radius 2 is 1.80 bits per heavy atom. The summed E-state index contributed by atoms with van der Waals surface area (Å²) in [4.78, 5) is 0. The third kappa shape index (κ3) is 4.92. The van der Waals surface area contributed by atoms with Gasteiger partial charge in [-0.05, 0) is 18.8 Å². The maximum absolute atomic E-state index is 11.3. The van der Waals surface area contributed by atoms with Crippen LogP contribution < -0.4 is 10.5 Å². The van der Waals surface area contributed by atoms with E-state index in [1.54, 1.807) is 0 Å². The van der Waals surface area contributed by atoms with Gasteiger partial charge in [0, 0.05) is 18.8 Å². The number of hydrogen-bond acceptors (Lipinski definition) is 5. The van der Waals surface area contributed by atoms with Crippen molar-refractivity contribution in [2.24, 2.45) is 11.7 Å². The zero-order valence-corrected chi connectivity index (χ0v) is 10.1. The number of sulfone groups is 1. The molecule has 1 rings (SSSR count).